The number of hydrogen-bond acceptors (Lipinski definition) is 0. The van der Waals surface area contributed by atoms with Crippen LogP contribution in [0.3, 0.4) is 0 Å². The molecule has 1 aliphatic rings. The molecule has 3 rings (SSSR count). The van der Waals surface area contributed by atoms with Crippen molar-refractivity contribution in [1.29, 1.82) is 0 Å². The Labute approximate surface area is 135 Å². The molecule has 1 unspecified atom stereocenters. The van der Waals surface area contributed by atoms with Gasteiger partial charge in [-0.15, -0.1) is 0 Å². The van der Waals surface area contributed by atoms with Crippen LogP contribution in [0, 0.1) is 5.92 Å². The highest BCUT2D eigenvalue weighted by molar-refractivity contribution is 6.76. The van der Waals surface area contributed by atoms with Crippen molar-refractivity contribution in [1.82, 2.24) is 0 Å². The first-order valence-corrected chi connectivity index (χ1v) is 12.0. The van der Waals surface area contributed by atoms with Crippen LogP contribution >= 0.6 is 0 Å². The molecule has 1 aliphatic carbocycles. The molecular weight excluding hydrogens is 280 g/mol. The predicted octanol–water partition coefficient (Wildman–Crippen LogP) is 6.04. The summed E-state index contributed by atoms with van der Waals surface area (Å²) in [5.41, 5.74) is 6.14. The fourth-order valence-electron chi connectivity index (χ4n) is 3.35. The van der Waals surface area contributed by atoms with E-state index in [-0.39, 0.29) is 0 Å². The van der Waals surface area contributed by atoms with Gasteiger partial charge >= 0.3 is 0 Å². The molecule has 114 valence electrons. The third-order valence-electron chi connectivity index (χ3n) is 4.39. The standard InChI is InChI=1S/C21H26Si/c1-22(2,3)16-19-15-21(19)20(18-12-8-5-9-13-18)14-17-10-6-4-7-11-17/h4-13,19H,14-16H2,1-3H3/b21-20+. The Hall–Kier alpha value is -1.60. The summed E-state index contributed by atoms with van der Waals surface area (Å²) in [6.45, 7) is 7.47. The van der Waals surface area contributed by atoms with Crippen LogP contribution in [0.2, 0.25) is 25.7 Å². The smallest absolute Gasteiger partial charge is 0.0448 e. The van der Waals surface area contributed by atoms with E-state index in [1.807, 2.05) is 0 Å². The fourth-order valence-corrected chi connectivity index (χ4v) is 5.22. The Bertz CT molecular complexity index is 647. The van der Waals surface area contributed by atoms with E-state index in [0.717, 1.165) is 12.3 Å². The molecule has 2 aromatic rings. The lowest BCUT2D eigenvalue weighted by molar-refractivity contribution is 0.980. The van der Waals surface area contributed by atoms with E-state index >= 15 is 0 Å². The Morgan fingerprint density at radius 3 is 2.09 bits per heavy atom. The highest BCUT2D eigenvalue weighted by atomic mass is 28.3. The van der Waals surface area contributed by atoms with E-state index < -0.39 is 8.07 Å². The first-order chi connectivity index (χ1) is 10.5. The molecule has 0 heterocycles. The Balaban J connectivity index is 1.89. The van der Waals surface area contributed by atoms with E-state index in [1.165, 1.54) is 23.6 Å². The number of allylic oxidation sites excluding steroid dienone is 2. The third-order valence-corrected chi connectivity index (χ3v) is 6.11. The first-order valence-electron chi connectivity index (χ1n) is 8.34. The molecule has 0 aliphatic heterocycles. The van der Waals surface area contributed by atoms with Crippen LogP contribution in [-0.2, 0) is 6.42 Å². The summed E-state index contributed by atoms with van der Waals surface area (Å²) in [6.07, 6.45) is 2.39. The predicted molar refractivity (Wildman–Crippen MR) is 99.8 cm³/mol. The van der Waals surface area contributed by atoms with Gasteiger partial charge in [-0.25, -0.2) is 0 Å². The average molecular weight is 307 g/mol. The molecule has 0 spiro atoms. The minimum Gasteiger partial charge on any atom is -0.0695 e. The van der Waals surface area contributed by atoms with Crippen molar-refractivity contribution in [2.45, 2.75) is 38.5 Å². The van der Waals surface area contributed by atoms with Crippen LogP contribution < -0.4 is 0 Å². The largest absolute Gasteiger partial charge is 0.0695 e. The lowest BCUT2D eigenvalue weighted by Crippen LogP contribution is -2.19. The van der Waals surface area contributed by atoms with E-state index in [1.54, 1.807) is 11.1 Å². The van der Waals surface area contributed by atoms with Gasteiger partial charge in [-0.05, 0) is 35.5 Å². The Morgan fingerprint density at radius 2 is 1.50 bits per heavy atom. The van der Waals surface area contributed by atoms with E-state index in [9.17, 15) is 0 Å². The quantitative estimate of drug-likeness (QED) is 0.591. The maximum absolute atomic E-state index is 2.49. The van der Waals surface area contributed by atoms with E-state index in [4.69, 9.17) is 0 Å². The minimum atomic E-state index is -0.973. The van der Waals surface area contributed by atoms with Gasteiger partial charge in [0.05, 0.1) is 0 Å². The molecule has 0 radical (unpaired) electrons. The SMILES string of the molecule is C[Si](C)(C)CC1C/C1=C(/Cc1ccccc1)c1ccccc1. The molecule has 1 heteroatoms. The number of rotatable bonds is 5. The normalized spacial score (nSPS) is 19.9. The van der Waals surface area contributed by atoms with Crippen molar-refractivity contribution < 1.29 is 0 Å². The highest BCUT2D eigenvalue weighted by Gasteiger charge is 2.36. The monoisotopic (exact) mass is 306 g/mol. The molecule has 1 saturated carbocycles. The molecule has 22 heavy (non-hydrogen) atoms. The summed E-state index contributed by atoms with van der Waals surface area (Å²) in [5.74, 6) is 0.852. The van der Waals surface area contributed by atoms with Gasteiger partial charge in [0.2, 0.25) is 0 Å². The molecular formula is C21H26Si. The van der Waals surface area contributed by atoms with Gasteiger partial charge in [0.25, 0.3) is 0 Å². The molecule has 0 amide bonds. The van der Waals surface area contributed by atoms with Crippen LogP contribution in [0.15, 0.2) is 66.2 Å². The minimum absolute atomic E-state index is 0.852. The molecule has 1 atom stereocenters. The second-order valence-corrected chi connectivity index (χ2v) is 13.2. The van der Waals surface area contributed by atoms with Gasteiger partial charge in [0, 0.05) is 8.07 Å². The molecule has 0 nitrogen and oxygen atoms in total. The topological polar surface area (TPSA) is 0 Å². The van der Waals surface area contributed by atoms with Crippen molar-refractivity contribution in [3.05, 3.63) is 77.4 Å². The Morgan fingerprint density at radius 1 is 0.909 bits per heavy atom. The zero-order valence-electron chi connectivity index (χ0n) is 14.0. The molecule has 2 aromatic carbocycles. The van der Waals surface area contributed by atoms with Crippen molar-refractivity contribution in [2.75, 3.05) is 0 Å². The van der Waals surface area contributed by atoms with Gasteiger partial charge in [-0.1, -0.05) is 91.9 Å². The van der Waals surface area contributed by atoms with Gasteiger partial charge in [-0.3, -0.25) is 0 Å². The van der Waals surface area contributed by atoms with Gasteiger partial charge in [0.15, 0.2) is 0 Å². The zero-order chi connectivity index (χ0) is 15.6. The second-order valence-electron chi connectivity index (χ2n) is 7.70. The van der Waals surface area contributed by atoms with Gasteiger partial charge in [-0.2, -0.15) is 0 Å². The van der Waals surface area contributed by atoms with Gasteiger partial charge in [0.1, 0.15) is 0 Å². The molecule has 0 bridgehead atoms. The highest BCUT2D eigenvalue weighted by Crippen LogP contribution is 2.48. The van der Waals surface area contributed by atoms with Gasteiger partial charge < -0.3 is 0 Å². The zero-order valence-corrected chi connectivity index (χ0v) is 15.0. The van der Waals surface area contributed by atoms with Crippen molar-refractivity contribution in [3.8, 4) is 0 Å². The molecule has 0 aromatic heterocycles. The van der Waals surface area contributed by atoms with Crippen LogP contribution in [0.4, 0.5) is 0 Å². The van der Waals surface area contributed by atoms with Crippen LogP contribution in [0.25, 0.3) is 5.57 Å². The Kier molecular flexibility index (Phi) is 4.35. The van der Waals surface area contributed by atoms with E-state index in [0.29, 0.717) is 0 Å². The number of benzene rings is 2. The summed E-state index contributed by atoms with van der Waals surface area (Å²) in [6, 6.07) is 23.3. The van der Waals surface area contributed by atoms with Crippen molar-refractivity contribution in [3.63, 3.8) is 0 Å². The summed E-state index contributed by atoms with van der Waals surface area (Å²) in [4.78, 5) is 0. The maximum Gasteiger partial charge on any atom is 0.0448 e. The maximum atomic E-state index is 2.49. The molecule has 1 fully saturated rings. The summed E-state index contributed by atoms with van der Waals surface area (Å²) in [5, 5.41) is 0. The third kappa shape index (κ3) is 3.98. The molecule has 0 N–H and O–H groups in total. The average Bonchev–Trinajstić information content (AvgIpc) is 3.23. The first kappa shape index (κ1) is 15.3. The van der Waals surface area contributed by atoms with Crippen molar-refractivity contribution in [2.24, 2.45) is 5.92 Å². The van der Waals surface area contributed by atoms with Crippen molar-refractivity contribution >= 4 is 13.6 Å². The van der Waals surface area contributed by atoms with Crippen LogP contribution in [0.5, 0.6) is 0 Å². The summed E-state index contributed by atoms with van der Waals surface area (Å²) < 4.78 is 0. The second kappa shape index (κ2) is 6.25. The molecule has 0 saturated heterocycles. The number of hydrogen-bond donors (Lipinski definition) is 0. The summed E-state index contributed by atoms with van der Waals surface area (Å²) in [7, 11) is -0.973. The van der Waals surface area contributed by atoms with E-state index in [2.05, 4.69) is 80.3 Å². The lowest BCUT2D eigenvalue weighted by atomic mass is 9.97. The lowest BCUT2D eigenvalue weighted by Gasteiger charge is -2.15. The summed E-state index contributed by atoms with van der Waals surface area (Å²) >= 11 is 0. The van der Waals surface area contributed by atoms with Crippen LogP contribution in [-0.4, -0.2) is 8.07 Å². The van der Waals surface area contributed by atoms with Crippen LogP contribution in [0.1, 0.15) is 17.5 Å². The fraction of sp³-hybridized carbons (Fsp3) is 0.333.